The summed E-state index contributed by atoms with van der Waals surface area (Å²) in [6.45, 7) is 1.76. The lowest BCUT2D eigenvalue weighted by atomic mass is 10.2. The first-order valence-electron chi connectivity index (χ1n) is 4.30. The normalized spacial score (nSPS) is 12.2. The lowest BCUT2D eigenvalue weighted by molar-refractivity contribution is -0.128. The van der Waals surface area contributed by atoms with Crippen LogP contribution in [0.2, 0.25) is 5.02 Å². The summed E-state index contributed by atoms with van der Waals surface area (Å²) in [5.41, 5.74) is 0.836. The molecule has 1 amide bonds. The van der Waals surface area contributed by atoms with Crippen LogP contribution in [0, 0.1) is 0 Å². The minimum atomic E-state index is -0.988. The summed E-state index contributed by atoms with van der Waals surface area (Å²) in [6, 6.07) is 7.24. The molecule has 1 rings (SSSR count). The fourth-order valence-corrected chi connectivity index (χ4v) is 1.17. The molecule has 0 aliphatic carbocycles. The molecular formula is C10H12ClNO2. The number of carbonyl (C=O) groups excluding carboxylic acids is 1. The van der Waals surface area contributed by atoms with Gasteiger partial charge in [0.15, 0.2) is 0 Å². The Balaban J connectivity index is 2.54. The number of aliphatic hydroxyl groups excluding tert-OH is 1. The minimum Gasteiger partial charge on any atom is -0.384 e. The third kappa shape index (κ3) is 3.01. The molecule has 3 nitrogen and oxygen atoms in total. The Labute approximate surface area is 87.7 Å². The van der Waals surface area contributed by atoms with Gasteiger partial charge in [0.2, 0.25) is 5.91 Å². The molecule has 2 N–H and O–H groups in total. The lowest BCUT2D eigenvalue weighted by Crippen LogP contribution is -2.31. The molecule has 1 unspecified atom stereocenters. The monoisotopic (exact) mass is 213 g/mol. The first-order chi connectivity index (χ1) is 6.61. The van der Waals surface area contributed by atoms with Crippen LogP contribution in [0.5, 0.6) is 0 Å². The number of hydrogen-bond acceptors (Lipinski definition) is 2. The highest BCUT2D eigenvalue weighted by atomic mass is 35.5. The highest BCUT2D eigenvalue weighted by molar-refractivity contribution is 6.31. The Kier molecular flexibility index (Phi) is 3.92. The quantitative estimate of drug-likeness (QED) is 0.796. The Morgan fingerprint density at radius 3 is 2.79 bits per heavy atom. The van der Waals surface area contributed by atoms with Crippen molar-refractivity contribution in [2.75, 3.05) is 0 Å². The molecule has 1 aromatic carbocycles. The topological polar surface area (TPSA) is 49.3 Å². The average molecular weight is 214 g/mol. The highest BCUT2D eigenvalue weighted by Crippen LogP contribution is 2.14. The second-order valence-corrected chi connectivity index (χ2v) is 3.39. The third-order valence-corrected chi connectivity index (χ3v) is 2.16. The second kappa shape index (κ2) is 4.98. The van der Waals surface area contributed by atoms with Crippen molar-refractivity contribution in [3.63, 3.8) is 0 Å². The van der Waals surface area contributed by atoms with Crippen LogP contribution in [0.3, 0.4) is 0 Å². The zero-order valence-corrected chi connectivity index (χ0v) is 8.58. The van der Waals surface area contributed by atoms with Crippen LogP contribution in [-0.2, 0) is 11.3 Å². The summed E-state index contributed by atoms with van der Waals surface area (Å²) in [4.78, 5) is 11.0. The van der Waals surface area contributed by atoms with Gasteiger partial charge in [-0.15, -0.1) is 0 Å². The summed E-state index contributed by atoms with van der Waals surface area (Å²) in [5.74, 6) is -0.398. The third-order valence-electron chi connectivity index (χ3n) is 1.79. The Bertz CT molecular complexity index is 326. The molecule has 1 aromatic rings. The van der Waals surface area contributed by atoms with E-state index in [1.165, 1.54) is 6.92 Å². The summed E-state index contributed by atoms with van der Waals surface area (Å²) < 4.78 is 0. The number of carbonyl (C=O) groups is 1. The number of nitrogens with one attached hydrogen (secondary N) is 1. The van der Waals surface area contributed by atoms with Crippen molar-refractivity contribution in [1.82, 2.24) is 5.32 Å². The van der Waals surface area contributed by atoms with Gasteiger partial charge in [-0.05, 0) is 18.6 Å². The van der Waals surface area contributed by atoms with Gasteiger partial charge in [-0.3, -0.25) is 4.79 Å². The standard InChI is InChI=1S/C10H12ClNO2/c1-7(13)10(14)12-6-8-4-2-3-5-9(8)11/h2-5,7,13H,6H2,1H3,(H,12,14). The molecule has 0 saturated heterocycles. The van der Waals surface area contributed by atoms with Crippen LogP contribution in [0.1, 0.15) is 12.5 Å². The van der Waals surface area contributed by atoms with Crippen molar-refractivity contribution in [2.24, 2.45) is 0 Å². The summed E-state index contributed by atoms with van der Waals surface area (Å²) in [7, 11) is 0. The second-order valence-electron chi connectivity index (χ2n) is 2.99. The molecule has 0 aliphatic heterocycles. The van der Waals surface area contributed by atoms with E-state index in [4.69, 9.17) is 16.7 Å². The van der Waals surface area contributed by atoms with E-state index in [2.05, 4.69) is 5.32 Å². The number of hydrogen-bond donors (Lipinski definition) is 2. The van der Waals surface area contributed by atoms with Crippen LogP contribution in [0.4, 0.5) is 0 Å². The van der Waals surface area contributed by atoms with Gasteiger partial charge in [0.05, 0.1) is 0 Å². The predicted molar refractivity (Wildman–Crippen MR) is 55.0 cm³/mol. The maximum absolute atomic E-state index is 11.0. The van der Waals surface area contributed by atoms with E-state index in [0.29, 0.717) is 11.6 Å². The van der Waals surface area contributed by atoms with Crippen molar-refractivity contribution in [1.29, 1.82) is 0 Å². The highest BCUT2D eigenvalue weighted by Gasteiger charge is 2.08. The molecule has 0 saturated carbocycles. The van der Waals surface area contributed by atoms with Gasteiger partial charge in [-0.2, -0.15) is 0 Å². The van der Waals surface area contributed by atoms with E-state index in [1.807, 2.05) is 18.2 Å². The zero-order valence-electron chi connectivity index (χ0n) is 7.83. The fraction of sp³-hybridized carbons (Fsp3) is 0.300. The molecule has 0 aliphatic rings. The van der Waals surface area contributed by atoms with Gasteiger partial charge in [0.1, 0.15) is 6.10 Å². The van der Waals surface area contributed by atoms with Gasteiger partial charge in [-0.1, -0.05) is 29.8 Å². The van der Waals surface area contributed by atoms with Gasteiger partial charge in [0.25, 0.3) is 0 Å². The van der Waals surface area contributed by atoms with E-state index in [1.54, 1.807) is 6.07 Å². The number of amides is 1. The van der Waals surface area contributed by atoms with Crippen molar-refractivity contribution in [3.05, 3.63) is 34.9 Å². The van der Waals surface area contributed by atoms with E-state index >= 15 is 0 Å². The molecule has 1 atom stereocenters. The van der Waals surface area contributed by atoms with Crippen LogP contribution < -0.4 is 5.32 Å². The smallest absolute Gasteiger partial charge is 0.248 e. The van der Waals surface area contributed by atoms with Crippen molar-refractivity contribution in [2.45, 2.75) is 19.6 Å². The fourth-order valence-electron chi connectivity index (χ4n) is 0.972. The Morgan fingerprint density at radius 1 is 1.57 bits per heavy atom. The first kappa shape index (κ1) is 11.0. The van der Waals surface area contributed by atoms with Crippen LogP contribution in [0.25, 0.3) is 0 Å². The predicted octanol–water partition coefficient (Wildman–Crippen LogP) is 1.34. The molecule has 14 heavy (non-hydrogen) atoms. The van der Waals surface area contributed by atoms with Gasteiger partial charge in [-0.25, -0.2) is 0 Å². The average Bonchev–Trinajstić information content (AvgIpc) is 2.16. The minimum absolute atomic E-state index is 0.337. The first-order valence-corrected chi connectivity index (χ1v) is 4.68. The molecule has 4 heteroatoms. The zero-order chi connectivity index (χ0) is 10.6. The van der Waals surface area contributed by atoms with Crippen molar-refractivity contribution in [3.8, 4) is 0 Å². The summed E-state index contributed by atoms with van der Waals surface area (Å²) in [5, 5.41) is 12.1. The van der Waals surface area contributed by atoms with Crippen LogP contribution in [0.15, 0.2) is 24.3 Å². The van der Waals surface area contributed by atoms with E-state index in [9.17, 15) is 4.79 Å². The van der Waals surface area contributed by atoms with Crippen LogP contribution >= 0.6 is 11.6 Å². The SMILES string of the molecule is CC(O)C(=O)NCc1ccccc1Cl. The molecule has 0 spiro atoms. The van der Waals surface area contributed by atoms with E-state index in [-0.39, 0.29) is 0 Å². The van der Waals surface area contributed by atoms with Crippen LogP contribution in [-0.4, -0.2) is 17.1 Å². The number of aliphatic hydroxyl groups is 1. The molecule has 0 aromatic heterocycles. The molecule has 0 radical (unpaired) electrons. The molecule has 76 valence electrons. The number of rotatable bonds is 3. The molecule has 0 fully saturated rings. The Morgan fingerprint density at radius 2 is 2.21 bits per heavy atom. The Hall–Kier alpha value is -1.06. The molecule has 0 heterocycles. The lowest BCUT2D eigenvalue weighted by Gasteiger charge is -2.07. The van der Waals surface area contributed by atoms with E-state index < -0.39 is 12.0 Å². The largest absolute Gasteiger partial charge is 0.384 e. The maximum Gasteiger partial charge on any atom is 0.248 e. The summed E-state index contributed by atoms with van der Waals surface area (Å²) >= 11 is 5.87. The van der Waals surface area contributed by atoms with Gasteiger partial charge < -0.3 is 10.4 Å². The van der Waals surface area contributed by atoms with Crippen molar-refractivity contribution < 1.29 is 9.90 Å². The van der Waals surface area contributed by atoms with Gasteiger partial charge >= 0.3 is 0 Å². The van der Waals surface area contributed by atoms with Gasteiger partial charge in [0, 0.05) is 11.6 Å². The number of halogens is 1. The van der Waals surface area contributed by atoms with E-state index in [0.717, 1.165) is 5.56 Å². The number of benzene rings is 1. The molecular weight excluding hydrogens is 202 g/mol. The van der Waals surface area contributed by atoms with Crippen molar-refractivity contribution >= 4 is 17.5 Å². The molecule has 0 bridgehead atoms. The summed E-state index contributed by atoms with van der Waals surface area (Å²) in [6.07, 6.45) is -0.988. The maximum atomic E-state index is 11.0.